The Morgan fingerprint density at radius 1 is 1.05 bits per heavy atom. The molecule has 4 fully saturated rings. The lowest BCUT2D eigenvalue weighted by Crippen LogP contribution is -2.35. The number of rotatable bonds is 12. The molecule has 0 aliphatic heterocycles. The van der Waals surface area contributed by atoms with Gasteiger partial charge >= 0.3 is 0 Å². The molecule has 0 bridgehead atoms. The molecule has 212 valence electrons. The van der Waals surface area contributed by atoms with Crippen molar-refractivity contribution in [3.05, 3.63) is 47.6 Å². The van der Waals surface area contributed by atoms with Gasteiger partial charge in [0.2, 0.25) is 0 Å². The monoisotopic (exact) mass is 522 g/mol. The van der Waals surface area contributed by atoms with E-state index in [2.05, 4.69) is 45.6 Å². The van der Waals surface area contributed by atoms with Crippen molar-refractivity contribution in [3.63, 3.8) is 0 Å². The minimum Gasteiger partial charge on any atom is -0.393 e. The molecule has 3 heteroatoms. The van der Waals surface area contributed by atoms with E-state index in [0.717, 1.165) is 44.9 Å². The van der Waals surface area contributed by atoms with Gasteiger partial charge < -0.3 is 10.2 Å². The van der Waals surface area contributed by atoms with Crippen LogP contribution in [0.5, 0.6) is 0 Å². The van der Waals surface area contributed by atoms with Gasteiger partial charge in [0, 0.05) is 6.42 Å². The minimum absolute atomic E-state index is 0.225. The summed E-state index contributed by atoms with van der Waals surface area (Å²) in [5.74, 6) is 1.90. The first kappa shape index (κ1) is 29.5. The Morgan fingerprint density at radius 3 is 2.55 bits per heavy atom. The zero-order chi connectivity index (χ0) is 27.3. The Kier molecular flexibility index (Phi) is 9.96. The number of hydrogen-bond donors (Lipinski definition) is 2. The number of aliphatic hydroxyl groups is 2. The lowest BCUT2D eigenvalue weighted by molar-refractivity contribution is -0.127. The molecule has 4 rings (SSSR count). The maximum atomic E-state index is 13.0. The Balaban J connectivity index is 1.36. The summed E-state index contributed by atoms with van der Waals surface area (Å²) in [4.78, 5) is 13.0. The molecule has 0 aromatic carbocycles. The lowest BCUT2D eigenvalue weighted by atomic mass is 9.61. The number of aliphatic hydroxyl groups excluding tert-OH is 2. The molecule has 0 saturated heterocycles. The number of Topliss-reactive ketones (excluding diaryl/α,β-unsaturated/α-hetero) is 1. The zero-order valence-electron chi connectivity index (χ0n) is 24.5. The number of unbranched alkanes of at least 4 members (excludes halogenated alkanes) is 4. The molecule has 0 amide bonds. The summed E-state index contributed by atoms with van der Waals surface area (Å²) in [6.45, 7) is 11.3. The fraction of sp³-hybridized carbons (Fsp3) is 0.743. The number of carbonyl (C=O) groups excluding carboxylic acids is 1. The van der Waals surface area contributed by atoms with Gasteiger partial charge in [-0.2, -0.15) is 0 Å². The summed E-state index contributed by atoms with van der Waals surface area (Å²) in [6.07, 6.45) is 24.7. The van der Waals surface area contributed by atoms with Crippen LogP contribution in [-0.4, -0.2) is 28.2 Å². The average molecular weight is 523 g/mol. The highest BCUT2D eigenvalue weighted by atomic mass is 16.3. The molecular formula is C35H54O3. The number of ketones is 1. The zero-order valence-corrected chi connectivity index (χ0v) is 24.5. The van der Waals surface area contributed by atoms with E-state index in [0.29, 0.717) is 24.2 Å². The van der Waals surface area contributed by atoms with E-state index < -0.39 is 11.5 Å². The van der Waals surface area contributed by atoms with E-state index in [4.69, 9.17) is 0 Å². The number of allylic oxidation sites excluding steroid dienone is 5. The largest absolute Gasteiger partial charge is 0.393 e. The summed E-state index contributed by atoms with van der Waals surface area (Å²) >= 11 is 0. The highest BCUT2D eigenvalue weighted by molar-refractivity contribution is 5.88. The Hall–Kier alpha value is -1.45. The first-order chi connectivity index (χ1) is 18.2. The fourth-order valence-corrected chi connectivity index (χ4v) is 8.15. The maximum Gasteiger partial charge on any atom is 0.141 e. The van der Waals surface area contributed by atoms with Crippen molar-refractivity contribution in [1.29, 1.82) is 0 Å². The molecule has 2 N–H and O–H groups in total. The third kappa shape index (κ3) is 6.47. The van der Waals surface area contributed by atoms with E-state index in [1.54, 1.807) is 5.57 Å². The minimum atomic E-state index is -0.634. The highest BCUT2D eigenvalue weighted by Gasteiger charge is 2.54. The van der Waals surface area contributed by atoms with Crippen molar-refractivity contribution in [1.82, 2.24) is 0 Å². The van der Waals surface area contributed by atoms with Gasteiger partial charge in [0.15, 0.2) is 0 Å². The second-order valence-electron chi connectivity index (χ2n) is 13.5. The predicted molar refractivity (Wildman–Crippen MR) is 158 cm³/mol. The SMILES string of the molecule is C=C1CC[C@H](O)C/C1=C/C=C1\CCC[C@]2(C)[C@@H]([C@H](C)/C=C/[C@H](O)C3(C(=O)CCCCCCC)CC3)CC[C@@H]12. The van der Waals surface area contributed by atoms with E-state index in [1.165, 1.54) is 62.5 Å². The van der Waals surface area contributed by atoms with Gasteiger partial charge in [-0.05, 0) is 99.4 Å². The second-order valence-corrected chi connectivity index (χ2v) is 13.5. The van der Waals surface area contributed by atoms with Gasteiger partial charge in [-0.1, -0.05) is 88.5 Å². The lowest BCUT2D eigenvalue weighted by Gasteiger charge is -2.44. The van der Waals surface area contributed by atoms with Gasteiger partial charge in [0.1, 0.15) is 5.78 Å². The van der Waals surface area contributed by atoms with Crippen LogP contribution in [0.1, 0.15) is 124 Å². The third-order valence-corrected chi connectivity index (χ3v) is 10.9. The van der Waals surface area contributed by atoms with E-state index in [-0.39, 0.29) is 17.3 Å². The summed E-state index contributed by atoms with van der Waals surface area (Å²) < 4.78 is 0. The van der Waals surface area contributed by atoms with Gasteiger partial charge in [0.05, 0.1) is 17.6 Å². The molecule has 38 heavy (non-hydrogen) atoms. The molecule has 4 aliphatic rings. The normalized spacial score (nSPS) is 34.6. The maximum absolute atomic E-state index is 13.0. The smallest absolute Gasteiger partial charge is 0.141 e. The highest BCUT2D eigenvalue weighted by Crippen LogP contribution is 2.60. The van der Waals surface area contributed by atoms with E-state index in [1.807, 2.05) is 6.08 Å². The number of fused-ring (bicyclic) bond motifs is 1. The van der Waals surface area contributed by atoms with Gasteiger partial charge in [-0.15, -0.1) is 0 Å². The first-order valence-corrected chi connectivity index (χ1v) is 15.9. The Labute approximate surface area is 232 Å². The van der Waals surface area contributed by atoms with Crippen molar-refractivity contribution in [2.45, 2.75) is 136 Å². The standard InChI is InChI=1S/C35H54O3/c1-5-6-7-8-9-12-32(37)35(22-23-35)33(38)20-14-26(3)30-18-19-31-27(11-10-21-34(30,31)4)15-16-28-24-29(36)17-13-25(28)2/h14-16,20,26,29-31,33,36,38H,2,5-13,17-19,21-24H2,1,3-4H3/b20-14+,27-15+,28-16-/t26-,29+,30-,31+,33+,34-/m1/s1. The van der Waals surface area contributed by atoms with Gasteiger partial charge in [-0.25, -0.2) is 0 Å². The van der Waals surface area contributed by atoms with Crippen LogP contribution in [0.4, 0.5) is 0 Å². The van der Waals surface area contributed by atoms with Crippen LogP contribution < -0.4 is 0 Å². The molecule has 0 heterocycles. The molecule has 6 atom stereocenters. The second kappa shape index (κ2) is 12.8. The average Bonchev–Trinajstić information content (AvgIpc) is 3.63. The van der Waals surface area contributed by atoms with Crippen molar-refractivity contribution < 1.29 is 15.0 Å². The summed E-state index contributed by atoms with van der Waals surface area (Å²) in [5, 5.41) is 21.2. The van der Waals surface area contributed by atoms with Crippen LogP contribution in [0.3, 0.4) is 0 Å². The molecule has 0 aromatic rings. The van der Waals surface area contributed by atoms with Crippen molar-refractivity contribution in [3.8, 4) is 0 Å². The topological polar surface area (TPSA) is 57.5 Å². The van der Waals surface area contributed by atoms with E-state index >= 15 is 0 Å². The van der Waals surface area contributed by atoms with Gasteiger partial charge in [-0.3, -0.25) is 4.79 Å². The summed E-state index contributed by atoms with van der Waals surface area (Å²) in [5.41, 5.74) is 3.79. The van der Waals surface area contributed by atoms with Crippen LogP contribution >= 0.6 is 0 Å². The molecule has 0 spiro atoms. The summed E-state index contributed by atoms with van der Waals surface area (Å²) in [7, 11) is 0. The van der Waals surface area contributed by atoms with Crippen molar-refractivity contribution in [2.24, 2.45) is 28.6 Å². The van der Waals surface area contributed by atoms with E-state index in [9.17, 15) is 15.0 Å². The fourth-order valence-electron chi connectivity index (χ4n) is 8.15. The quantitative estimate of drug-likeness (QED) is 0.200. The van der Waals surface area contributed by atoms with Crippen LogP contribution in [0, 0.1) is 28.6 Å². The third-order valence-electron chi connectivity index (χ3n) is 10.9. The van der Waals surface area contributed by atoms with Crippen LogP contribution in [-0.2, 0) is 4.79 Å². The molecule has 0 unspecified atom stereocenters. The predicted octanol–water partition coefficient (Wildman–Crippen LogP) is 8.42. The molecule has 3 nitrogen and oxygen atoms in total. The van der Waals surface area contributed by atoms with Crippen LogP contribution in [0.2, 0.25) is 0 Å². The van der Waals surface area contributed by atoms with Crippen molar-refractivity contribution in [2.75, 3.05) is 0 Å². The first-order valence-electron chi connectivity index (χ1n) is 15.9. The molecule has 0 aromatic heterocycles. The van der Waals surface area contributed by atoms with Gasteiger partial charge in [0.25, 0.3) is 0 Å². The van der Waals surface area contributed by atoms with Crippen LogP contribution in [0.25, 0.3) is 0 Å². The van der Waals surface area contributed by atoms with Crippen molar-refractivity contribution >= 4 is 5.78 Å². The molecule has 4 saturated carbocycles. The Morgan fingerprint density at radius 2 is 1.82 bits per heavy atom. The Bertz CT molecular complexity index is 935. The molecule has 0 radical (unpaired) electrons. The molecular weight excluding hydrogens is 468 g/mol. The molecule has 4 aliphatic carbocycles. The number of carbonyl (C=O) groups is 1. The van der Waals surface area contributed by atoms with Crippen LogP contribution in [0.15, 0.2) is 47.6 Å². The summed E-state index contributed by atoms with van der Waals surface area (Å²) in [6, 6.07) is 0. The number of hydrogen-bond acceptors (Lipinski definition) is 3.